The van der Waals surface area contributed by atoms with Crippen molar-refractivity contribution >= 4 is 16.6 Å². The molecule has 0 unspecified atom stereocenters. The number of rotatable bonds is 5. The van der Waals surface area contributed by atoms with Crippen LogP contribution in [0.3, 0.4) is 0 Å². The van der Waals surface area contributed by atoms with Crippen LogP contribution in [0.15, 0.2) is 49.1 Å². The van der Waals surface area contributed by atoms with Crippen LogP contribution in [-0.2, 0) is 0 Å². The maximum atomic E-state index is 4.75. The van der Waals surface area contributed by atoms with Crippen LogP contribution in [0.4, 0.5) is 5.82 Å². The Morgan fingerprint density at radius 3 is 2.48 bits per heavy atom. The Kier molecular flexibility index (Phi) is 6.04. The Bertz CT molecular complexity index is 768. The molecule has 3 heterocycles. The minimum Gasteiger partial charge on any atom is -0.368 e. The lowest BCUT2D eigenvalue weighted by molar-refractivity contribution is 0.822. The van der Waals surface area contributed by atoms with Crippen molar-refractivity contribution < 1.29 is 0 Å². The molecule has 0 fully saturated rings. The number of likely N-dealkylation sites (N-methyl/N-ethyl adjacent to an activating group) is 1. The van der Waals surface area contributed by atoms with Gasteiger partial charge in [0.25, 0.3) is 0 Å². The molecule has 3 rings (SSSR count). The van der Waals surface area contributed by atoms with Gasteiger partial charge in [-0.2, -0.15) is 0 Å². The van der Waals surface area contributed by atoms with Crippen molar-refractivity contribution in [1.82, 2.24) is 20.3 Å². The van der Waals surface area contributed by atoms with Gasteiger partial charge in [-0.3, -0.25) is 9.97 Å². The van der Waals surface area contributed by atoms with E-state index in [1.165, 1.54) is 0 Å². The fraction of sp³-hybridized carbons (Fsp3) is 0.167. The monoisotopic (exact) mass is 305 g/mol. The number of anilines is 1. The average Bonchev–Trinajstić information content (AvgIpc) is 2.64. The first-order valence-corrected chi connectivity index (χ1v) is 7.25. The van der Waals surface area contributed by atoms with Crippen molar-refractivity contribution in [3.63, 3.8) is 0 Å². The van der Waals surface area contributed by atoms with Crippen LogP contribution >= 0.6 is 0 Å². The fourth-order valence-corrected chi connectivity index (χ4v) is 2.21. The van der Waals surface area contributed by atoms with Gasteiger partial charge in [-0.25, -0.2) is 4.98 Å². The predicted molar refractivity (Wildman–Crippen MR) is 95.1 cm³/mol. The molecule has 5 nitrogen and oxygen atoms in total. The molecule has 0 saturated carbocycles. The van der Waals surface area contributed by atoms with Gasteiger partial charge in [0.15, 0.2) is 0 Å². The molecular weight excluding hydrogens is 286 g/mol. The maximum absolute atomic E-state index is 4.75. The number of nitrogens with zero attached hydrogens (tertiary/aromatic N) is 3. The van der Waals surface area contributed by atoms with Crippen molar-refractivity contribution in [1.29, 1.82) is 0 Å². The number of terminal acetylenes is 1. The topological polar surface area (TPSA) is 62.7 Å². The smallest absolute Gasteiger partial charge is 0.134 e. The Morgan fingerprint density at radius 1 is 1.00 bits per heavy atom. The van der Waals surface area contributed by atoms with Gasteiger partial charge in [-0.05, 0) is 31.3 Å². The normalized spacial score (nSPS) is 9.87. The molecule has 0 bridgehead atoms. The van der Waals surface area contributed by atoms with Crippen LogP contribution in [-0.4, -0.2) is 35.1 Å². The van der Waals surface area contributed by atoms with Crippen LogP contribution in [0.25, 0.3) is 22.0 Å². The summed E-state index contributed by atoms with van der Waals surface area (Å²) in [5.41, 5.74) is 1.97. The zero-order valence-corrected chi connectivity index (χ0v) is 13.0. The number of aromatic nitrogens is 3. The van der Waals surface area contributed by atoms with Gasteiger partial charge in [-0.1, -0.05) is 0 Å². The Balaban J connectivity index is 0.000000924. The SMILES string of the molecule is C#C.CNCCNc1nc(-c2ccncc2)cc2cnccc12. The van der Waals surface area contributed by atoms with Gasteiger partial charge in [0.1, 0.15) is 5.82 Å². The fourth-order valence-electron chi connectivity index (χ4n) is 2.21. The van der Waals surface area contributed by atoms with Crippen molar-refractivity contribution in [2.75, 3.05) is 25.5 Å². The summed E-state index contributed by atoms with van der Waals surface area (Å²) in [7, 11) is 1.94. The molecule has 0 aliphatic heterocycles. The number of pyridine rings is 3. The molecule has 5 heteroatoms. The minimum absolute atomic E-state index is 0.820. The lowest BCUT2D eigenvalue weighted by Crippen LogP contribution is -2.18. The molecule has 2 N–H and O–H groups in total. The molecule has 3 aromatic rings. The lowest BCUT2D eigenvalue weighted by Gasteiger charge is -2.11. The summed E-state index contributed by atoms with van der Waals surface area (Å²) in [6.07, 6.45) is 15.2. The summed E-state index contributed by atoms with van der Waals surface area (Å²) in [5, 5.41) is 8.66. The molecule has 3 aromatic heterocycles. The van der Waals surface area contributed by atoms with E-state index < -0.39 is 0 Å². The van der Waals surface area contributed by atoms with E-state index in [2.05, 4.69) is 39.5 Å². The summed E-state index contributed by atoms with van der Waals surface area (Å²) in [5.74, 6) is 0.886. The van der Waals surface area contributed by atoms with Crippen molar-refractivity contribution in [2.24, 2.45) is 0 Å². The third-order valence-electron chi connectivity index (χ3n) is 3.28. The standard InChI is InChI=1S/C16H17N5.C2H2/c1-17-8-9-20-16-14-4-7-19-11-13(14)10-15(21-16)12-2-5-18-6-3-12;1-2/h2-7,10-11,17H,8-9H2,1H3,(H,20,21);1-2H. The molecule has 0 spiro atoms. The van der Waals surface area contributed by atoms with Crippen molar-refractivity contribution in [3.8, 4) is 24.1 Å². The number of nitrogens with one attached hydrogen (secondary N) is 2. The van der Waals surface area contributed by atoms with Gasteiger partial charge >= 0.3 is 0 Å². The molecule has 0 aliphatic rings. The van der Waals surface area contributed by atoms with E-state index in [9.17, 15) is 0 Å². The lowest BCUT2D eigenvalue weighted by atomic mass is 10.1. The second kappa shape index (κ2) is 8.47. The third kappa shape index (κ3) is 4.02. The van der Waals surface area contributed by atoms with Gasteiger partial charge < -0.3 is 10.6 Å². The highest BCUT2D eigenvalue weighted by molar-refractivity contribution is 5.93. The zero-order chi connectivity index (χ0) is 16.5. The maximum Gasteiger partial charge on any atom is 0.134 e. The van der Waals surface area contributed by atoms with Crippen LogP contribution in [0.1, 0.15) is 0 Å². The van der Waals surface area contributed by atoms with E-state index in [0.717, 1.165) is 40.9 Å². The first-order valence-electron chi connectivity index (χ1n) is 7.25. The predicted octanol–water partition coefficient (Wildman–Crippen LogP) is 2.57. The largest absolute Gasteiger partial charge is 0.368 e. The Hall–Kier alpha value is -2.97. The van der Waals surface area contributed by atoms with E-state index in [1.54, 1.807) is 18.6 Å². The summed E-state index contributed by atoms with van der Waals surface area (Å²) < 4.78 is 0. The Morgan fingerprint density at radius 2 is 1.74 bits per heavy atom. The quantitative estimate of drug-likeness (QED) is 0.560. The second-order valence-electron chi connectivity index (χ2n) is 4.72. The molecule has 0 aromatic carbocycles. The molecule has 0 saturated heterocycles. The number of hydrogen-bond donors (Lipinski definition) is 2. The van der Waals surface area contributed by atoms with E-state index in [-0.39, 0.29) is 0 Å². The van der Waals surface area contributed by atoms with E-state index in [4.69, 9.17) is 4.98 Å². The number of fused-ring (bicyclic) bond motifs is 1. The molecule has 23 heavy (non-hydrogen) atoms. The molecule has 116 valence electrons. The highest BCUT2D eigenvalue weighted by atomic mass is 15.0. The van der Waals surface area contributed by atoms with Gasteiger partial charge in [-0.15, -0.1) is 12.8 Å². The van der Waals surface area contributed by atoms with E-state index in [0.29, 0.717) is 0 Å². The second-order valence-corrected chi connectivity index (χ2v) is 4.72. The molecule has 0 aliphatic carbocycles. The first-order chi connectivity index (χ1) is 11.4. The third-order valence-corrected chi connectivity index (χ3v) is 3.28. The summed E-state index contributed by atoms with van der Waals surface area (Å²) >= 11 is 0. The molecule has 0 amide bonds. The van der Waals surface area contributed by atoms with E-state index >= 15 is 0 Å². The summed E-state index contributed by atoms with van der Waals surface area (Å²) in [4.78, 5) is 13.0. The average molecular weight is 305 g/mol. The first kappa shape index (κ1) is 16.4. The molecular formula is C18H19N5. The van der Waals surface area contributed by atoms with Crippen LogP contribution in [0, 0.1) is 12.8 Å². The van der Waals surface area contributed by atoms with Crippen LogP contribution < -0.4 is 10.6 Å². The van der Waals surface area contributed by atoms with Crippen molar-refractivity contribution in [2.45, 2.75) is 0 Å². The van der Waals surface area contributed by atoms with E-state index in [1.807, 2.05) is 31.4 Å². The molecule has 0 radical (unpaired) electrons. The van der Waals surface area contributed by atoms with Crippen LogP contribution in [0.2, 0.25) is 0 Å². The van der Waals surface area contributed by atoms with Gasteiger partial charge in [0, 0.05) is 54.2 Å². The van der Waals surface area contributed by atoms with Crippen LogP contribution in [0.5, 0.6) is 0 Å². The zero-order valence-electron chi connectivity index (χ0n) is 13.0. The molecule has 0 atom stereocenters. The van der Waals surface area contributed by atoms with Gasteiger partial charge in [0.2, 0.25) is 0 Å². The highest BCUT2D eigenvalue weighted by Gasteiger charge is 2.07. The highest BCUT2D eigenvalue weighted by Crippen LogP contribution is 2.26. The summed E-state index contributed by atoms with van der Waals surface area (Å²) in [6.45, 7) is 1.70. The Labute approximate surface area is 136 Å². The van der Waals surface area contributed by atoms with Gasteiger partial charge in [0.05, 0.1) is 5.69 Å². The van der Waals surface area contributed by atoms with Crippen molar-refractivity contribution in [3.05, 3.63) is 49.1 Å². The summed E-state index contributed by atoms with van der Waals surface area (Å²) in [6, 6.07) is 7.96. The number of hydrogen-bond acceptors (Lipinski definition) is 5. The minimum atomic E-state index is 0.820.